The number of fused-ring (bicyclic) bond motifs is 1. The van der Waals surface area contributed by atoms with Crippen molar-refractivity contribution in [2.75, 3.05) is 11.9 Å². The maximum Gasteiger partial charge on any atom is 0.387 e. The van der Waals surface area contributed by atoms with Crippen molar-refractivity contribution in [3.8, 4) is 22.8 Å². The average molecular weight is 452 g/mol. The first-order valence-corrected chi connectivity index (χ1v) is 10.3. The summed E-state index contributed by atoms with van der Waals surface area (Å²) in [5.74, 6) is -0.364. The summed E-state index contributed by atoms with van der Waals surface area (Å²) in [5, 5.41) is 7.77. The SMILES string of the molecule is CCOc1cc(NC(=O)c2cc(-c3cnn(C)c3C)nc3ccccc23)ccc1OC(F)F. The highest BCUT2D eigenvalue weighted by Crippen LogP contribution is 2.33. The highest BCUT2D eigenvalue weighted by molar-refractivity contribution is 6.13. The third kappa shape index (κ3) is 4.62. The number of alkyl halides is 2. The van der Waals surface area contributed by atoms with Crippen LogP contribution >= 0.6 is 0 Å². The molecule has 2 aromatic heterocycles. The number of pyridine rings is 1. The number of nitrogens with one attached hydrogen (secondary N) is 1. The van der Waals surface area contributed by atoms with Crippen LogP contribution in [0.25, 0.3) is 22.2 Å². The molecule has 4 aromatic rings. The number of rotatable bonds is 7. The number of aryl methyl sites for hydroxylation is 1. The van der Waals surface area contributed by atoms with Crippen LogP contribution in [0, 0.1) is 6.92 Å². The molecule has 170 valence electrons. The topological polar surface area (TPSA) is 78.3 Å². The fraction of sp³-hybridized carbons (Fsp3) is 0.208. The predicted molar refractivity (Wildman–Crippen MR) is 121 cm³/mol. The lowest BCUT2D eigenvalue weighted by atomic mass is 10.0. The van der Waals surface area contributed by atoms with E-state index in [1.165, 1.54) is 18.2 Å². The van der Waals surface area contributed by atoms with Crippen LogP contribution in [0.4, 0.5) is 14.5 Å². The zero-order chi connectivity index (χ0) is 23.5. The Hall–Kier alpha value is -4.01. The van der Waals surface area contributed by atoms with Gasteiger partial charge in [0.05, 0.1) is 29.6 Å². The first kappa shape index (κ1) is 22.2. The van der Waals surface area contributed by atoms with Gasteiger partial charge in [0.2, 0.25) is 0 Å². The van der Waals surface area contributed by atoms with Gasteiger partial charge in [0.25, 0.3) is 5.91 Å². The van der Waals surface area contributed by atoms with E-state index in [4.69, 9.17) is 9.72 Å². The van der Waals surface area contributed by atoms with Crippen LogP contribution < -0.4 is 14.8 Å². The molecule has 2 aromatic carbocycles. The van der Waals surface area contributed by atoms with Crippen molar-refractivity contribution in [2.45, 2.75) is 20.5 Å². The molecule has 0 bridgehead atoms. The lowest BCUT2D eigenvalue weighted by Gasteiger charge is -2.14. The third-order valence-corrected chi connectivity index (χ3v) is 5.19. The van der Waals surface area contributed by atoms with E-state index in [-0.39, 0.29) is 24.0 Å². The standard InChI is InChI=1S/C24H22F2N4O3/c1-4-32-22-11-15(9-10-21(22)33-24(25)26)28-23(31)17-12-20(18-13-27-30(3)14(18)2)29-19-8-6-5-7-16(17)19/h5-13,24H,4H2,1-3H3,(H,28,31). The number of amides is 1. The summed E-state index contributed by atoms with van der Waals surface area (Å²) in [4.78, 5) is 18.0. The Morgan fingerprint density at radius 2 is 1.94 bits per heavy atom. The van der Waals surface area contributed by atoms with E-state index in [1.54, 1.807) is 23.9 Å². The Bertz CT molecular complexity index is 1320. The van der Waals surface area contributed by atoms with Crippen molar-refractivity contribution in [3.63, 3.8) is 0 Å². The summed E-state index contributed by atoms with van der Waals surface area (Å²) in [6, 6.07) is 13.3. The lowest BCUT2D eigenvalue weighted by molar-refractivity contribution is -0.0514. The number of hydrogen-bond acceptors (Lipinski definition) is 5. The van der Waals surface area contributed by atoms with Crippen molar-refractivity contribution in [1.29, 1.82) is 0 Å². The summed E-state index contributed by atoms with van der Waals surface area (Å²) < 4.78 is 37.0. The zero-order valence-electron chi connectivity index (χ0n) is 18.3. The van der Waals surface area contributed by atoms with E-state index in [1.807, 2.05) is 38.2 Å². The number of halogens is 2. The number of carbonyl (C=O) groups excluding carboxylic acids is 1. The average Bonchev–Trinajstić information content (AvgIpc) is 3.13. The van der Waals surface area contributed by atoms with Gasteiger partial charge < -0.3 is 14.8 Å². The molecule has 0 spiro atoms. The molecule has 7 nitrogen and oxygen atoms in total. The second-order valence-corrected chi connectivity index (χ2v) is 7.27. The van der Waals surface area contributed by atoms with Crippen molar-refractivity contribution in [2.24, 2.45) is 7.05 Å². The largest absolute Gasteiger partial charge is 0.490 e. The highest BCUT2D eigenvalue weighted by Gasteiger charge is 2.18. The second kappa shape index (κ2) is 9.23. The van der Waals surface area contributed by atoms with Crippen LogP contribution in [0.1, 0.15) is 23.0 Å². The number of hydrogen-bond donors (Lipinski definition) is 1. The molecule has 0 atom stereocenters. The van der Waals surface area contributed by atoms with Gasteiger partial charge in [0.1, 0.15) is 0 Å². The van der Waals surface area contributed by atoms with Crippen molar-refractivity contribution >= 4 is 22.5 Å². The number of ether oxygens (including phenoxy) is 2. The van der Waals surface area contributed by atoms with Gasteiger partial charge in [0.15, 0.2) is 11.5 Å². The Morgan fingerprint density at radius 1 is 1.15 bits per heavy atom. The molecular formula is C24H22F2N4O3. The minimum atomic E-state index is -2.98. The Kier molecular flexibility index (Phi) is 6.21. The summed E-state index contributed by atoms with van der Waals surface area (Å²) in [6.07, 6.45) is 1.71. The number of carbonyl (C=O) groups is 1. The number of nitrogens with zero attached hydrogens (tertiary/aromatic N) is 3. The minimum absolute atomic E-state index is 0.103. The summed E-state index contributed by atoms with van der Waals surface area (Å²) in [7, 11) is 1.84. The van der Waals surface area contributed by atoms with E-state index >= 15 is 0 Å². The molecular weight excluding hydrogens is 430 g/mol. The highest BCUT2D eigenvalue weighted by atomic mass is 19.3. The fourth-order valence-electron chi connectivity index (χ4n) is 3.50. The smallest absolute Gasteiger partial charge is 0.387 e. The monoisotopic (exact) mass is 452 g/mol. The maximum absolute atomic E-state index is 13.3. The molecule has 2 heterocycles. The van der Waals surface area contributed by atoms with E-state index in [0.717, 1.165) is 11.3 Å². The quantitative estimate of drug-likeness (QED) is 0.417. The minimum Gasteiger partial charge on any atom is -0.490 e. The first-order chi connectivity index (χ1) is 15.9. The van der Waals surface area contributed by atoms with Crippen molar-refractivity contribution in [3.05, 3.63) is 66.0 Å². The van der Waals surface area contributed by atoms with Gasteiger partial charge in [0, 0.05) is 35.4 Å². The summed E-state index contributed by atoms with van der Waals surface area (Å²) in [6.45, 7) is 0.918. The van der Waals surface area contributed by atoms with Crippen molar-refractivity contribution in [1.82, 2.24) is 14.8 Å². The number of benzene rings is 2. The molecule has 4 rings (SSSR count). The molecule has 0 saturated carbocycles. The molecule has 0 aliphatic rings. The molecule has 33 heavy (non-hydrogen) atoms. The van der Waals surface area contributed by atoms with Crippen LogP contribution in [0.5, 0.6) is 11.5 Å². The molecule has 1 amide bonds. The van der Waals surface area contributed by atoms with Gasteiger partial charge in [-0.05, 0) is 38.1 Å². The number of aromatic nitrogens is 3. The molecule has 0 radical (unpaired) electrons. The van der Waals surface area contributed by atoms with Gasteiger partial charge in [-0.3, -0.25) is 9.48 Å². The Balaban J connectivity index is 1.72. The number of anilines is 1. The first-order valence-electron chi connectivity index (χ1n) is 10.3. The normalized spacial score (nSPS) is 11.1. The van der Waals surface area contributed by atoms with E-state index in [2.05, 4.69) is 15.2 Å². The Labute approximate surface area is 189 Å². The molecule has 9 heteroatoms. The summed E-state index contributed by atoms with van der Waals surface area (Å²) in [5.41, 5.74) is 3.83. The van der Waals surface area contributed by atoms with Crippen LogP contribution in [-0.4, -0.2) is 33.9 Å². The van der Waals surface area contributed by atoms with Gasteiger partial charge in [-0.2, -0.15) is 13.9 Å². The van der Waals surface area contributed by atoms with Crippen LogP contribution in [-0.2, 0) is 7.05 Å². The van der Waals surface area contributed by atoms with Gasteiger partial charge >= 0.3 is 6.61 Å². The number of para-hydroxylation sites is 1. The molecule has 1 N–H and O–H groups in total. The van der Waals surface area contributed by atoms with Gasteiger partial charge in [-0.1, -0.05) is 18.2 Å². The van der Waals surface area contributed by atoms with E-state index in [0.29, 0.717) is 27.8 Å². The maximum atomic E-state index is 13.3. The molecule has 0 unspecified atom stereocenters. The van der Waals surface area contributed by atoms with Crippen LogP contribution in [0.15, 0.2) is 54.7 Å². The van der Waals surface area contributed by atoms with Crippen LogP contribution in [0.3, 0.4) is 0 Å². The molecule has 0 aliphatic carbocycles. The molecule has 0 aliphatic heterocycles. The lowest BCUT2D eigenvalue weighted by Crippen LogP contribution is -2.13. The third-order valence-electron chi connectivity index (χ3n) is 5.19. The Morgan fingerprint density at radius 3 is 2.64 bits per heavy atom. The van der Waals surface area contributed by atoms with Gasteiger partial charge in [-0.15, -0.1) is 0 Å². The van der Waals surface area contributed by atoms with Gasteiger partial charge in [-0.25, -0.2) is 4.98 Å². The predicted octanol–water partition coefficient (Wildman–Crippen LogP) is 5.20. The van der Waals surface area contributed by atoms with E-state index in [9.17, 15) is 13.6 Å². The summed E-state index contributed by atoms with van der Waals surface area (Å²) >= 11 is 0. The molecule has 0 fully saturated rings. The fourth-order valence-corrected chi connectivity index (χ4v) is 3.50. The molecule has 0 saturated heterocycles. The van der Waals surface area contributed by atoms with Crippen LogP contribution in [0.2, 0.25) is 0 Å². The van der Waals surface area contributed by atoms with Crippen molar-refractivity contribution < 1.29 is 23.0 Å². The van der Waals surface area contributed by atoms with E-state index < -0.39 is 6.61 Å². The zero-order valence-corrected chi connectivity index (χ0v) is 18.3. The second-order valence-electron chi connectivity index (χ2n) is 7.27.